The first-order valence-electron chi connectivity index (χ1n) is 14.6. The molecule has 4 aliphatic rings. The van der Waals surface area contributed by atoms with Crippen LogP contribution in [0.2, 0.25) is 0 Å². The maximum atomic E-state index is 15.1. The highest BCUT2D eigenvalue weighted by Crippen LogP contribution is 2.45. The molecule has 3 N–H and O–H groups in total. The van der Waals surface area contributed by atoms with Crippen LogP contribution in [0.25, 0.3) is 22.3 Å². The van der Waals surface area contributed by atoms with E-state index in [1.807, 2.05) is 13.0 Å². The molecule has 0 bridgehead atoms. The van der Waals surface area contributed by atoms with Crippen molar-refractivity contribution in [2.75, 3.05) is 13.1 Å². The van der Waals surface area contributed by atoms with Crippen molar-refractivity contribution >= 4 is 28.7 Å². The second kappa shape index (κ2) is 9.72. The predicted octanol–water partition coefficient (Wildman–Crippen LogP) is 2.48. The van der Waals surface area contributed by atoms with Crippen LogP contribution in [-0.4, -0.2) is 51.4 Å². The molecule has 3 unspecified atom stereocenters. The van der Waals surface area contributed by atoms with Crippen LogP contribution in [0.5, 0.6) is 0 Å². The standard InChI is InChI=1S/C31H32FN5O5/c1-3-15-17-9-24-28-18(12-37(24)30(40)19(17)13-42-31(15)41)27-21(35-29(39)23-5-4-8-36(23)25(38)11-33)7-6-16-14(2)20(32)10-22(34-28)26(16)27/h9-10,15,21,23H,3-8,11-13,33H2,1-2H3,(H,35,39). The van der Waals surface area contributed by atoms with E-state index in [0.717, 1.165) is 28.5 Å². The van der Waals surface area contributed by atoms with E-state index in [4.69, 9.17) is 15.5 Å². The van der Waals surface area contributed by atoms with Crippen LogP contribution in [0.3, 0.4) is 0 Å². The number of carbonyl (C=O) groups excluding carboxylic acids is 3. The van der Waals surface area contributed by atoms with Gasteiger partial charge in [0.2, 0.25) is 11.8 Å². The van der Waals surface area contributed by atoms with Gasteiger partial charge in [-0.15, -0.1) is 0 Å². The van der Waals surface area contributed by atoms with E-state index in [-0.39, 0.29) is 48.9 Å². The number of hydrogen-bond acceptors (Lipinski definition) is 7. The van der Waals surface area contributed by atoms with Crippen LogP contribution in [-0.2, 0) is 38.7 Å². The van der Waals surface area contributed by atoms with Crippen LogP contribution in [0.1, 0.15) is 77.9 Å². The molecule has 0 spiro atoms. The van der Waals surface area contributed by atoms with Crippen LogP contribution < -0.4 is 16.6 Å². The fourth-order valence-corrected chi connectivity index (χ4v) is 7.44. The van der Waals surface area contributed by atoms with Crippen molar-refractivity contribution in [2.45, 2.75) is 77.1 Å². The molecular weight excluding hydrogens is 541 g/mol. The molecule has 0 saturated carbocycles. The smallest absolute Gasteiger partial charge is 0.313 e. The zero-order valence-corrected chi connectivity index (χ0v) is 23.6. The number of esters is 1. The molecule has 1 aromatic carbocycles. The summed E-state index contributed by atoms with van der Waals surface area (Å²) in [7, 11) is 0. The molecule has 3 aromatic rings. The molecule has 42 heavy (non-hydrogen) atoms. The lowest BCUT2D eigenvalue weighted by Gasteiger charge is -2.32. The number of amides is 2. The van der Waals surface area contributed by atoms with Gasteiger partial charge < -0.3 is 25.3 Å². The number of rotatable bonds is 4. The summed E-state index contributed by atoms with van der Waals surface area (Å²) >= 11 is 0. The number of likely N-dealkylation sites (tertiary alicyclic amines) is 1. The van der Waals surface area contributed by atoms with E-state index < -0.39 is 18.0 Å². The summed E-state index contributed by atoms with van der Waals surface area (Å²) in [5.74, 6) is -1.75. The molecule has 3 aliphatic heterocycles. The van der Waals surface area contributed by atoms with E-state index in [9.17, 15) is 19.2 Å². The molecule has 7 rings (SSSR count). The number of benzene rings is 1. The number of nitrogens with one attached hydrogen (secondary N) is 1. The van der Waals surface area contributed by atoms with Crippen molar-refractivity contribution in [2.24, 2.45) is 5.73 Å². The Morgan fingerprint density at radius 1 is 1.19 bits per heavy atom. The molecule has 11 heteroatoms. The number of aromatic nitrogens is 2. The third kappa shape index (κ3) is 3.75. The maximum absolute atomic E-state index is 15.1. The minimum atomic E-state index is -0.599. The fraction of sp³-hybridized carbons (Fsp3) is 0.452. The SMILES string of the molecule is CCC1C(=O)OCc2c1cc1n(c2=O)Cc2c-1nc1cc(F)c(C)c3c1c2C(NC(=O)C1CCCN1C(=O)CN)CC3. The van der Waals surface area contributed by atoms with Gasteiger partial charge in [-0.25, -0.2) is 9.37 Å². The molecule has 1 saturated heterocycles. The first-order chi connectivity index (χ1) is 20.2. The summed E-state index contributed by atoms with van der Waals surface area (Å²) in [4.78, 5) is 58.7. The van der Waals surface area contributed by atoms with Crippen molar-refractivity contribution in [1.82, 2.24) is 19.8 Å². The quantitative estimate of drug-likeness (QED) is 0.358. The number of aryl methyl sites for hydroxylation is 1. The molecule has 0 radical (unpaired) electrons. The van der Waals surface area contributed by atoms with Crippen LogP contribution in [0.4, 0.5) is 4.39 Å². The first kappa shape index (κ1) is 26.8. The average Bonchev–Trinajstić information content (AvgIpc) is 3.62. The molecular formula is C31H32FN5O5. The van der Waals surface area contributed by atoms with Crippen molar-refractivity contribution in [3.63, 3.8) is 0 Å². The Hall–Kier alpha value is -4.12. The van der Waals surface area contributed by atoms with E-state index in [1.165, 1.54) is 6.07 Å². The molecule has 1 fully saturated rings. The van der Waals surface area contributed by atoms with Crippen LogP contribution >= 0.6 is 0 Å². The van der Waals surface area contributed by atoms with E-state index in [2.05, 4.69) is 5.32 Å². The van der Waals surface area contributed by atoms with E-state index in [1.54, 1.807) is 16.4 Å². The molecule has 5 heterocycles. The van der Waals surface area contributed by atoms with Gasteiger partial charge in [-0.2, -0.15) is 0 Å². The van der Waals surface area contributed by atoms with Crippen molar-refractivity contribution in [3.05, 3.63) is 61.7 Å². The number of ether oxygens (including phenoxy) is 1. The van der Waals surface area contributed by atoms with Gasteiger partial charge in [0.05, 0.1) is 47.5 Å². The Bertz CT molecular complexity index is 1780. The molecule has 218 valence electrons. The van der Waals surface area contributed by atoms with Gasteiger partial charge in [-0.05, 0) is 67.3 Å². The number of nitrogens with two attached hydrogens (primary N) is 1. The molecule has 2 amide bonds. The van der Waals surface area contributed by atoms with Crippen molar-refractivity contribution in [1.29, 1.82) is 0 Å². The number of hydrogen-bond donors (Lipinski definition) is 2. The summed E-state index contributed by atoms with van der Waals surface area (Å²) < 4.78 is 22.1. The van der Waals surface area contributed by atoms with Gasteiger partial charge in [0.1, 0.15) is 18.5 Å². The zero-order valence-electron chi connectivity index (χ0n) is 23.6. The summed E-state index contributed by atoms with van der Waals surface area (Å²) in [6.07, 6.45) is 2.85. The summed E-state index contributed by atoms with van der Waals surface area (Å²) in [5.41, 5.74) is 11.1. The van der Waals surface area contributed by atoms with E-state index in [0.29, 0.717) is 65.8 Å². The Kier molecular flexibility index (Phi) is 6.19. The van der Waals surface area contributed by atoms with Gasteiger partial charge >= 0.3 is 5.97 Å². The Balaban J connectivity index is 1.39. The minimum Gasteiger partial charge on any atom is -0.460 e. The second-order valence-electron chi connectivity index (χ2n) is 11.7. The minimum absolute atomic E-state index is 0.0744. The predicted molar refractivity (Wildman–Crippen MR) is 151 cm³/mol. The zero-order chi connectivity index (χ0) is 29.4. The largest absolute Gasteiger partial charge is 0.460 e. The normalized spacial score (nSPS) is 22.0. The van der Waals surface area contributed by atoms with Crippen molar-refractivity contribution < 1.29 is 23.5 Å². The van der Waals surface area contributed by atoms with Crippen LogP contribution in [0.15, 0.2) is 16.9 Å². The van der Waals surface area contributed by atoms with Crippen LogP contribution in [0, 0.1) is 12.7 Å². The summed E-state index contributed by atoms with van der Waals surface area (Å²) in [5, 5.41) is 4.01. The molecule has 3 atom stereocenters. The van der Waals surface area contributed by atoms with Crippen molar-refractivity contribution in [3.8, 4) is 11.4 Å². The first-order valence-corrected chi connectivity index (χ1v) is 14.6. The average molecular weight is 574 g/mol. The third-order valence-electron chi connectivity index (χ3n) is 9.56. The number of nitrogens with zero attached hydrogens (tertiary/aromatic N) is 3. The number of cyclic esters (lactones) is 1. The van der Waals surface area contributed by atoms with Gasteiger partial charge in [0, 0.05) is 23.6 Å². The fourth-order valence-electron chi connectivity index (χ4n) is 7.44. The number of fused-ring (bicyclic) bond motifs is 5. The van der Waals surface area contributed by atoms with Gasteiger partial charge in [0.25, 0.3) is 5.56 Å². The lowest BCUT2D eigenvalue weighted by Crippen LogP contribution is -2.48. The highest BCUT2D eigenvalue weighted by molar-refractivity contribution is 5.94. The Morgan fingerprint density at radius 2 is 2.00 bits per heavy atom. The topological polar surface area (TPSA) is 137 Å². The summed E-state index contributed by atoms with van der Waals surface area (Å²) in [6, 6.07) is 2.27. The number of carbonyl (C=O) groups is 3. The maximum Gasteiger partial charge on any atom is 0.313 e. The lowest BCUT2D eigenvalue weighted by atomic mass is 9.81. The van der Waals surface area contributed by atoms with Gasteiger partial charge in [0.15, 0.2) is 0 Å². The monoisotopic (exact) mass is 573 g/mol. The van der Waals surface area contributed by atoms with Gasteiger partial charge in [-0.1, -0.05) is 6.92 Å². The summed E-state index contributed by atoms with van der Waals surface area (Å²) in [6.45, 7) is 4.13. The number of pyridine rings is 2. The number of halogens is 1. The highest BCUT2D eigenvalue weighted by atomic mass is 19.1. The lowest BCUT2D eigenvalue weighted by molar-refractivity contribution is -0.148. The molecule has 10 nitrogen and oxygen atoms in total. The second-order valence-corrected chi connectivity index (χ2v) is 11.7. The third-order valence-corrected chi connectivity index (χ3v) is 9.56. The van der Waals surface area contributed by atoms with Gasteiger partial charge in [-0.3, -0.25) is 19.2 Å². The van der Waals surface area contributed by atoms with E-state index >= 15 is 4.39 Å². The Morgan fingerprint density at radius 3 is 2.76 bits per heavy atom. The molecule has 2 aromatic heterocycles. The Labute approximate surface area is 241 Å². The highest BCUT2D eigenvalue weighted by Gasteiger charge is 2.39. The molecule has 1 aliphatic carbocycles.